The SMILES string of the molecule is CCCCC1=[C-]CC=C1.CCCCC1=[C-]CC=C1.Oc1ccccc1Cl.Oc1ccccc1Cl.[Zr+2]. The number of unbranched alkanes of at least 4 members (excludes halogenated alkanes) is 2. The molecule has 0 heterocycles. The molecule has 0 aromatic heterocycles. The van der Waals surface area contributed by atoms with Crippen LogP contribution in [0.1, 0.15) is 65.2 Å². The number of halogens is 2. The minimum atomic E-state index is 0. The molecule has 2 aromatic carbocycles. The van der Waals surface area contributed by atoms with Crippen molar-refractivity contribution in [2.24, 2.45) is 0 Å². The number of allylic oxidation sites excluding steroid dienone is 8. The van der Waals surface area contributed by atoms with Gasteiger partial charge in [-0.05, 0) is 24.3 Å². The van der Waals surface area contributed by atoms with Crippen molar-refractivity contribution in [3.8, 4) is 11.5 Å². The standard InChI is InChI=1S/2C9H13.2C6H5ClO.Zr/c2*1-2-3-6-9-7-4-5-8-9;2*7-5-3-1-2-4-6(5)8;/h2*4,7H,2-3,5-6H2,1H3;2*1-4,8H;/q2*-1;;;+2. The van der Waals surface area contributed by atoms with Crippen molar-refractivity contribution in [1.29, 1.82) is 0 Å². The maximum Gasteiger partial charge on any atom is 2.00 e. The molecule has 0 aliphatic heterocycles. The van der Waals surface area contributed by atoms with E-state index in [9.17, 15) is 0 Å². The van der Waals surface area contributed by atoms with Crippen LogP contribution in [0.3, 0.4) is 0 Å². The number of phenols is 2. The Morgan fingerprint density at radius 2 is 1.06 bits per heavy atom. The number of hydrogen-bond acceptors (Lipinski definition) is 2. The van der Waals surface area contributed by atoms with Gasteiger partial charge in [-0.25, -0.2) is 23.3 Å². The largest absolute Gasteiger partial charge is 2.00 e. The Bertz CT molecular complexity index is 829. The first kappa shape index (κ1) is 33.5. The van der Waals surface area contributed by atoms with E-state index >= 15 is 0 Å². The third-order valence-corrected chi connectivity index (χ3v) is 5.48. The Morgan fingerprint density at radius 3 is 1.29 bits per heavy atom. The molecule has 5 heteroatoms. The van der Waals surface area contributed by atoms with Gasteiger partial charge in [-0.2, -0.15) is 12.2 Å². The molecule has 2 aliphatic carbocycles. The van der Waals surface area contributed by atoms with E-state index < -0.39 is 0 Å². The number of hydrogen-bond donors (Lipinski definition) is 2. The van der Waals surface area contributed by atoms with Gasteiger partial charge in [-0.3, -0.25) is 12.2 Å². The number of benzene rings is 2. The van der Waals surface area contributed by atoms with Crippen LogP contribution in [0.4, 0.5) is 0 Å². The van der Waals surface area contributed by atoms with Gasteiger partial charge in [0.1, 0.15) is 11.5 Å². The van der Waals surface area contributed by atoms with Gasteiger partial charge in [0.2, 0.25) is 0 Å². The zero-order valence-corrected chi connectivity index (χ0v) is 24.7. The topological polar surface area (TPSA) is 40.5 Å². The summed E-state index contributed by atoms with van der Waals surface area (Å²) in [4.78, 5) is 0. The van der Waals surface area contributed by atoms with Crippen molar-refractivity contribution in [2.75, 3.05) is 0 Å². The fourth-order valence-electron chi connectivity index (χ4n) is 2.88. The number of rotatable bonds is 6. The smallest absolute Gasteiger partial charge is 0.506 e. The summed E-state index contributed by atoms with van der Waals surface area (Å²) >= 11 is 10.9. The first-order valence-electron chi connectivity index (χ1n) is 11.9. The Hall–Kier alpha value is -1.54. The molecule has 2 nitrogen and oxygen atoms in total. The average molecular weight is 591 g/mol. The third kappa shape index (κ3) is 16.7. The van der Waals surface area contributed by atoms with E-state index in [2.05, 4.69) is 50.3 Å². The van der Waals surface area contributed by atoms with Gasteiger partial charge >= 0.3 is 26.2 Å². The van der Waals surface area contributed by atoms with Crippen LogP contribution in [0, 0.1) is 12.2 Å². The summed E-state index contributed by atoms with van der Waals surface area (Å²) in [5.41, 5.74) is 2.83. The summed E-state index contributed by atoms with van der Waals surface area (Å²) in [6.45, 7) is 4.44. The van der Waals surface area contributed by atoms with E-state index in [1.165, 1.54) is 49.7 Å². The van der Waals surface area contributed by atoms with Gasteiger partial charge in [0.15, 0.2) is 0 Å². The molecule has 0 atom stereocenters. The van der Waals surface area contributed by atoms with Gasteiger partial charge < -0.3 is 10.2 Å². The monoisotopic (exact) mass is 588 g/mol. The molecule has 0 amide bonds. The minimum absolute atomic E-state index is 0. The van der Waals surface area contributed by atoms with Crippen molar-refractivity contribution < 1.29 is 36.4 Å². The van der Waals surface area contributed by atoms with Crippen LogP contribution in [-0.4, -0.2) is 10.2 Å². The first-order valence-corrected chi connectivity index (χ1v) is 12.6. The molecule has 0 saturated heterocycles. The normalized spacial score (nSPS) is 12.6. The van der Waals surface area contributed by atoms with Crippen LogP contribution in [0.2, 0.25) is 10.0 Å². The van der Waals surface area contributed by atoms with E-state index in [4.69, 9.17) is 33.4 Å². The van der Waals surface area contributed by atoms with Crippen LogP contribution >= 0.6 is 23.2 Å². The second kappa shape index (κ2) is 21.7. The molecule has 0 radical (unpaired) electrons. The zero-order valence-electron chi connectivity index (χ0n) is 20.7. The van der Waals surface area contributed by atoms with E-state index in [0.29, 0.717) is 10.0 Å². The van der Waals surface area contributed by atoms with Crippen LogP contribution in [0.5, 0.6) is 11.5 Å². The maximum absolute atomic E-state index is 8.79. The average Bonchev–Trinajstić information content (AvgIpc) is 3.56. The van der Waals surface area contributed by atoms with Crippen LogP contribution in [0.15, 0.2) is 84.0 Å². The van der Waals surface area contributed by atoms with Gasteiger partial charge in [-0.1, -0.05) is 99.8 Å². The molecule has 186 valence electrons. The van der Waals surface area contributed by atoms with Gasteiger partial charge in [-0.15, -0.1) is 12.8 Å². The second-order valence-corrected chi connectivity index (χ2v) is 8.54. The Morgan fingerprint density at radius 1 is 0.686 bits per heavy atom. The van der Waals surface area contributed by atoms with Crippen molar-refractivity contribution >= 4 is 23.2 Å². The summed E-state index contributed by atoms with van der Waals surface area (Å²) in [6.07, 6.45) is 25.1. The van der Waals surface area contributed by atoms with Crippen molar-refractivity contribution in [1.82, 2.24) is 0 Å². The maximum atomic E-state index is 8.79. The summed E-state index contributed by atoms with van der Waals surface area (Å²) in [5, 5.41) is 18.4. The predicted molar refractivity (Wildman–Crippen MR) is 146 cm³/mol. The van der Waals surface area contributed by atoms with Crippen LogP contribution < -0.4 is 0 Å². The number of phenolic OH excluding ortho intramolecular Hbond substituents is 2. The molecule has 2 N–H and O–H groups in total. The predicted octanol–water partition coefficient (Wildman–Crippen LogP) is 9.82. The molecule has 4 rings (SSSR count). The third-order valence-electron chi connectivity index (χ3n) is 4.84. The number of aromatic hydroxyl groups is 2. The summed E-state index contributed by atoms with van der Waals surface area (Å²) < 4.78 is 0. The zero-order chi connectivity index (χ0) is 25.0. The van der Waals surface area contributed by atoms with E-state index in [1.54, 1.807) is 48.5 Å². The molecule has 0 unspecified atom stereocenters. The first-order chi connectivity index (χ1) is 16.5. The van der Waals surface area contributed by atoms with Crippen molar-refractivity contribution in [2.45, 2.75) is 65.2 Å². The quantitative estimate of drug-likeness (QED) is 0.329. The van der Waals surface area contributed by atoms with Gasteiger partial charge in [0.05, 0.1) is 10.0 Å². The molecular formula is C30H36Cl2O2Zr. The fraction of sp³-hybridized carbons (Fsp3) is 0.333. The Labute approximate surface area is 241 Å². The summed E-state index contributed by atoms with van der Waals surface area (Å²) in [5.74, 6) is 0.267. The van der Waals surface area contributed by atoms with Gasteiger partial charge in [0.25, 0.3) is 0 Å². The molecule has 0 fully saturated rings. The molecule has 0 saturated carbocycles. The molecule has 0 spiro atoms. The fourth-order valence-corrected chi connectivity index (χ4v) is 3.15. The summed E-state index contributed by atoms with van der Waals surface area (Å²) in [6, 6.07) is 13.3. The molecule has 2 aromatic rings. The van der Waals surface area contributed by atoms with Crippen molar-refractivity contribution in [3.63, 3.8) is 0 Å². The molecule has 35 heavy (non-hydrogen) atoms. The Kier molecular flexibility index (Phi) is 20.8. The second-order valence-electron chi connectivity index (χ2n) is 7.73. The minimum Gasteiger partial charge on any atom is -0.506 e. The van der Waals surface area contributed by atoms with E-state index in [-0.39, 0.29) is 37.7 Å². The molecule has 2 aliphatic rings. The van der Waals surface area contributed by atoms with Crippen LogP contribution in [0.25, 0.3) is 0 Å². The van der Waals surface area contributed by atoms with Crippen LogP contribution in [-0.2, 0) is 26.2 Å². The van der Waals surface area contributed by atoms with Crippen molar-refractivity contribution in [3.05, 3.63) is 106 Å². The Balaban J connectivity index is 0.000000437. The summed E-state index contributed by atoms with van der Waals surface area (Å²) in [7, 11) is 0. The number of para-hydroxylation sites is 2. The van der Waals surface area contributed by atoms with Gasteiger partial charge in [0, 0.05) is 0 Å². The van der Waals surface area contributed by atoms with E-state index in [0.717, 1.165) is 12.8 Å². The molecule has 0 bridgehead atoms. The van der Waals surface area contributed by atoms with E-state index in [1.807, 2.05) is 0 Å². The molecular weight excluding hydrogens is 554 g/mol.